The third kappa shape index (κ3) is 38.8. The molecule has 0 aromatic carbocycles. The number of amides is 1. The quantitative estimate of drug-likeness (QED) is 0.0368. The first kappa shape index (κ1) is 52.6. The molecule has 0 saturated carbocycles. The molecule has 3 unspecified atom stereocenters. The number of nitrogens with one attached hydrogen (secondary N) is 1. The zero-order valence-corrected chi connectivity index (χ0v) is 36.1. The topological polar surface area (TPSA) is 89.8 Å². The first-order valence-corrected chi connectivity index (χ1v) is 23.8. The molecular weight excluding hydrogens is 667 g/mol. The Balaban J connectivity index is 3.66. The van der Waals surface area contributed by atoms with Gasteiger partial charge in [0.05, 0.1) is 18.8 Å². The Kier molecular flexibility index (Phi) is 43.1. The van der Waals surface area contributed by atoms with Crippen LogP contribution in [0.4, 0.5) is 0 Å². The van der Waals surface area contributed by atoms with Crippen LogP contribution in [0.2, 0.25) is 0 Å². The van der Waals surface area contributed by atoms with Gasteiger partial charge >= 0.3 is 0 Å². The number of aliphatic hydroxyl groups excluding tert-OH is 3. The van der Waals surface area contributed by atoms with Crippen molar-refractivity contribution in [3.05, 3.63) is 36.5 Å². The molecule has 0 rings (SSSR count). The van der Waals surface area contributed by atoms with Crippen molar-refractivity contribution in [1.82, 2.24) is 5.32 Å². The van der Waals surface area contributed by atoms with Crippen molar-refractivity contribution in [1.29, 1.82) is 0 Å². The van der Waals surface area contributed by atoms with Gasteiger partial charge in [0, 0.05) is 0 Å². The fourth-order valence-electron chi connectivity index (χ4n) is 7.22. The standard InChI is InChI=1S/C49H93NO4/c1-3-5-7-9-11-13-15-17-19-21-22-23-24-25-26-28-30-32-34-36-38-40-42-44-48(53)49(54)50-46(45-51)47(52)43-41-39-37-35-33-31-29-27-20-18-16-14-12-10-8-6-4-2/h20,27,33,35,41,43,46-48,51-53H,3-19,21-26,28-32,34,36-40,42,44-45H2,1-2H3,(H,50,54)/b27-20+,35-33+,43-41+. The highest BCUT2D eigenvalue weighted by molar-refractivity contribution is 5.80. The minimum absolute atomic E-state index is 0.379. The molecule has 4 N–H and O–H groups in total. The Morgan fingerprint density at radius 1 is 0.444 bits per heavy atom. The predicted octanol–water partition coefficient (Wildman–Crippen LogP) is 13.9. The SMILES string of the molecule is CCCCCCCCC/C=C/CC/C=C/CC/C=C/C(O)C(CO)NC(=O)C(O)CCCCCCCCCCCCCCCCCCCCCCCCC. The molecule has 0 aliphatic heterocycles. The summed E-state index contributed by atoms with van der Waals surface area (Å²) in [6.45, 7) is 4.17. The Hall–Kier alpha value is -1.43. The van der Waals surface area contributed by atoms with Gasteiger partial charge in [-0.05, 0) is 44.9 Å². The lowest BCUT2D eigenvalue weighted by Crippen LogP contribution is -2.48. The maximum atomic E-state index is 12.5. The van der Waals surface area contributed by atoms with Crippen LogP contribution in [0.25, 0.3) is 0 Å². The average molecular weight is 760 g/mol. The Bertz CT molecular complexity index is 840. The van der Waals surface area contributed by atoms with Gasteiger partial charge in [-0.3, -0.25) is 4.79 Å². The highest BCUT2D eigenvalue weighted by Crippen LogP contribution is 2.16. The van der Waals surface area contributed by atoms with E-state index in [1.165, 1.54) is 180 Å². The van der Waals surface area contributed by atoms with Gasteiger partial charge in [0.15, 0.2) is 0 Å². The Labute approximate surface area is 336 Å². The molecule has 0 aromatic heterocycles. The molecule has 0 fully saturated rings. The molecule has 1 amide bonds. The van der Waals surface area contributed by atoms with Gasteiger partial charge in [0.25, 0.3) is 0 Å². The molecule has 5 heteroatoms. The first-order chi connectivity index (χ1) is 26.6. The molecule has 0 aliphatic carbocycles. The van der Waals surface area contributed by atoms with Gasteiger partial charge in [-0.15, -0.1) is 0 Å². The third-order valence-corrected chi connectivity index (χ3v) is 11.0. The van der Waals surface area contributed by atoms with E-state index in [1.807, 2.05) is 6.08 Å². The molecule has 0 bridgehead atoms. The summed E-state index contributed by atoms with van der Waals surface area (Å²) in [5.41, 5.74) is 0. The number of carbonyl (C=O) groups is 1. The number of allylic oxidation sites excluding steroid dienone is 5. The van der Waals surface area contributed by atoms with E-state index >= 15 is 0 Å². The van der Waals surface area contributed by atoms with E-state index < -0.39 is 24.2 Å². The van der Waals surface area contributed by atoms with Gasteiger partial charge in [0.2, 0.25) is 5.91 Å². The van der Waals surface area contributed by atoms with E-state index in [0.29, 0.717) is 6.42 Å². The van der Waals surface area contributed by atoms with E-state index in [2.05, 4.69) is 43.5 Å². The van der Waals surface area contributed by atoms with Crippen molar-refractivity contribution in [3.63, 3.8) is 0 Å². The number of hydrogen-bond donors (Lipinski definition) is 4. The second-order valence-electron chi connectivity index (χ2n) is 16.3. The summed E-state index contributed by atoms with van der Waals surface area (Å²) in [6, 6.07) is -0.818. The van der Waals surface area contributed by atoms with Crippen LogP contribution in [0.1, 0.15) is 245 Å². The second kappa shape index (κ2) is 44.3. The molecular formula is C49H93NO4. The van der Waals surface area contributed by atoms with Crippen LogP contribution in [-0.2, 0) is 4.79 Å². The molecule has 5 nitrogen and oxygen atoms in total. The predicted molar refractivity (Wildman–Crippen MR) is 236 cm³/mol. The van der Waals surface area contributed by atoms with Crippen molar-refractivity contribution in [2.24, 2.45) is 0 Å². The average Bonchev–Trinajstić information content (AvgIpc) is 3.18. The molecule has 0 aromatic rings. The molecule has 318 valence electrons. The van der Waals surface area contributed by atoms with E-state index in [-0.39, 0.29) is 6.61 Å². The van der Waals surface area contributed by atoms with Crippen molar-refractivity contribution in [2.45, 2.75) is 263 Å². The number of aliphatic hydroxyl groups is 3. The second-order valence-corrected chi connectivity index (χ2v) is 16.3. The minimum Gasteiger partial charge on any atom is -0.394 e. The zero-order valence-electron chi connectivity index (χ0n) is 36.1. The summed E-state index contributed by atoms with van der Waals surface area (Å²) in [7, 11) is 0. The van der Waals surface area contributed by atoms with Gasteiger partial charge in [0.1, 0.15) is 6.10 Å². The van der Waals surface area contributed by atoms with E-state index in [4.69, 9.17) is 0 Å². The van der Waals surface area contributed by atoms with Gasteiger partial charge in [-0.2, -0.15) is 0 Å². The molecule has 0 spiro atoms. The van der Waals surface area contributed by atoms with Crippen molar-refractivity contribution < 1.29 is 20.1 Å². The minimum atomic E-state index is -1.11. The molecule has 0 aliphatic rings. The fraction of sp³-hybridized carbons (Fsp3) is 0.857. The van der Waals surface area contributed by atoms with Crippen molar-refractivity contribution in [2.75, 3.05) is 6.61 Å². The summed E-state index contributed by atoms with van der Waals surface area (Å²) in [5, 5.41) is 33.2. The lowest BCUT2D eigenvalue weighted by Gasteiger charge is -2.21. The number of carbonyl (C=O) groups excluding carboxylic acids is 1. The first-order valence-electron chi connectivity index (χ1n) is 23.8. The van der Waals surface area contributed by atoms with E-state index in [0.717, 1.165) is 44.9 Å². The van der Waals surface area contributed by atoms with Gasteiger partial charge < -0.3 is 20.6 Å². The third-order valence-electron chi connectivity index (χ3n) is 11.0. The fourth-order valence-corrected chi connectivity index (χ4v) is 7.22. The highest BCUT2D eigenvalue weighted by Gasteiger charge is 2.22. The summed E-state index contributed by atoms with van der Waals surface area (Å²) < 4.78 is 0. The van der Waals surface area contributed by atoms with Crippen LogP contribution in [-0.4, -0.2) is 46.1 Å². The van der Waals surface area contributed by atoms with Gasteiger partial charge in [-0.25, -0.2) is 0 Å². The van der Waals surface area contributed by atoms with Crippen LogP contribution in [0.3, 0.4) is 0 Å². The summed E-state index contributed by atoms with van der Waals surface area (Å²) in [5.74, 6) is -0.514. The monoisotopic (exact) mass is 760 g/mol. The Morgan fingerprint density at radius 2 is 0.759 bits per heavy atom. The summed E-state index contributed by atoms with van der Waals surface area (Å²) >= 11 is 0. The van der Waals surface area contributed by atoms with E-state index in [9.17, 15) is 20.1 Å². The molecule has 54 heavy (non-hydrogen) atoms. The zero-order chi connectivity index (χ0) is 39.4. The summed E-state index contributed by atoms with van der Waals surface area (Å²) in [4.78, 5) is 12.5. The molecule has 0 saturated heterocycles. The van der Waals surface area contributed by atoms with Crippen LogP contribution in [0, 0.1) is 0 Å². The maximum absolute atomic E-state index is 12.5. The molecule has 3 atom stereocenters. The van der Waals surface area contributed by atoms with Crippen molar-refractivity contribution >= 4 is 5.91 Å². The number of rotatable bonds is 43. The van der Waals surface area contributed by atoms with Crippen molar-refractivity contribution in [3.8, 4) is 0 Å². The lowest BCUT2D eigenvalue weighted by atomic mass is 10.0. The van der Waals surface area contributed by atoms with Crippen LogP contribution in [0.5, 0.6) is 0 Å². The lowest BCUT2D eigenvalue weighted by molar-refractivity contribution is -0.131. The number of hydrogen-bond acceptors (Lipinski definition) is 4. The van der Waals surface area contributed by atoms with E-state index in [1.54, 1.807) is 6.08 Å². The highest BCUT2D eigenvalue weighted by atomic mass is 16.3. The summed E-state index contributed by atoms with van der Waals surface area (Å²) in [6.07, 6.45) is 56.2. The Morgan fingerprint density at radius 3 is 1.13 bits per heavy atom. The molecule has 0 heterocycles. The smallest absolute Gasteiger partial charge is 0.249 e. The van der Waals surface area contributed by atoms with Crippen LogP contribution in [0.15, 0.2) is 36.5 Å². The van der Waals surface area contributed by atoms with Gasteiger partial charge in [-0.1, -0.05) is 237 Å². The van der Waals surface area contributed by atoms with Crippen LogP contribution < -0.4 is 5.32 Å². The number of unbranched alkanes of at least 4 members (excludes halogenated alkanes) is 31. The molecule has 0 radical (unpaired) electrons. The maximum Gasteiger partial charge on any atom is 0.249 e. The normalized spacial score (nSPS) is 13.8. The largest absolute Gasteiger partial charge is 0.394 e. The van der Waals surface area contributed by atoms with Crippen LogP contribution >= 0.6 is 0 Å².